The van der Waals surface area contributed by atoms with E-state index in [9.17, 15) is 35.7 Å². The first-order chi connectivity index (χ1) is 16.8. The van der Waals surface area contributed by atoms with Crippen LogP contribution in [0.15, 0.2) is 0 Å². The predicted molar refractivity (Wildman–Crippen MR) is 124 cm³/mol. The molecular weight excluding hydrogens is 464 g/mol. The molecule has 10 atom stereocenters. The van der Waals surface area contributed by atoms with Gasteiger partial charge in [0.05, 0.1) is 13.2 Å². The van der Waals surface area contributed by atoms with E-state index in [0.717, 1.165) is 19.3 Å². The molecule has 0 aromatic carbocycles. The highest BCUT2D eigenvalue weighted by molar-refractivity contribution is 4.94. The summed E-state index contributed by atoms with van der Waals surface area (Å²) in [7, 11) is 0. The fourth-order valence-corrected chi connectivity index (χ4v) is 4.48. The van der Waals surface area contributed by atoms with Crippen LogP contribution in [0, 0.1) is 0 Å². The van der Waals surface area contributed by atoms with Crippen LogP contribution in [0.4, 0.5) is 0 Å². The Bertz CT molecular complexity index is 550. The van der Waals surface area contributed by atoms with Crippen molar-refractivity contribution < 1.29 is 54.7 Å². The van der Waals surface area contributed by atoms with Crippen LogP contribution in [0.2, 0.25) is 0 Å². The minimum atomic E-state index is -1.69. The summed E-state index contributed by atoms with van der Waals surface area (Å²) in [5.74, 6) is 0. The number of aliphatic hydroxyl groups is 7. The number of hydrogen-bond donors (Lipinski definition) is 7. The van der Waals surface area contributed by atoms with Crippen molar-refractivity contribution in [3.63, 3.8) is 0 Å². The molecule has 2 rings (SSSR count). The lowest BCUT2D eigenvalue weighted by Crippen LogP contribution is -2.64. The SMILES string of the molecule is CCCCCCCCCCCCOC1O[C@H](CO)[C@@H](O[C@H]2O[C@H](CO)[C@@H](O)[C@H](O)[C@H]2O)[C@H](O)[C@H]1O. The zero-order valence-corrected chi connectivity index (χ0v) is 20.7. The van der Waals surface area contributed by atoms with Gasteiger partial charge in [-0.05, 0) is 6.42 Å². The Balaban J connectivity index is 1.74. The average Bonchev–Trinajstić information content (AvgIpc) is 2.86. The Labute approximate surface area is 207 Å². The maximum atomic E-state index is 10.6. The maximum absolute atomic E-state index is 10.6. The summed E-state index contributed by atoms with van der Waals surface area (Å²) in [6.07, 6.45) is -2.63. The normalized spacial score (nSPS) is 38.1. The summed E-state index contributed by atoms with van der Waals surface area (Å²) in [6.45, 7) is 1.31. The van der Waals surface area contributed by atoms with Crippen molar-refractivity contribution in [2.75, 3.05) is 19.8 Å². The molecule has 0 bridgehead atoms. The van der Waals surface area contributed by atoms with Crippen LogP contribution in [0.5, 0.6) is 0 Å². The first-order valence-electron chi connectivity index (χ1n) is 13.1. The fraction of sp³-hybridized carbons (Fsp3) is 1.00. The van der Waals surface area contributed by atoms with E-state index in [0.29, 0.717) is 6.61 Å². The third-order valence-electron chi connectivity index (χ3n) is 6.74. The highest BCUT2D eigenvalue weighted by atomic mass is 16.7. The van der Waals surface area contributed by atoms with Crippen molar-refractivity contribution in [1.29, 1.82) is 0 Å². The average molecular weight is 511 g/mol. The lowest BCUT2D eigenvalue weighted by atomic mass is 9.97. The number of unbranched alkanes of at least 4 members (excludes halogenated alkanes) is 9. The molecule has 0 saturated carbocycles. The maximum Gasteiger partial charge on any atom is 0.187 e. The minimum absolute atomic E-state index is 0.321. The van der Waals surface area contributed by atoms with Gasteiger partial charge in [0.15, 0.2) is 12.6 Å². The van der Waals surface area contributed by atoms with Crippen molar-refractivity contribution in [2.45, 2.75) is 133 Å². The Morgan fingerprint density at radius 3 is 1.66 bits per heavy atom. The Morgan fingerprint density at radius 2 is 1.09 bits per heavy atom. The highest BCUT2D eigenvalue weighted by Crippen LogP contribution is 2.29. The molecule has 0 amide bonds. The number of rotatable bonds is 16. The van der Waals surface area contributed by atoms with Crippen LogP contribution in [0.1, 0.15) is 71.1 Å². The molecule has 2 aliphatic heterocycles. The van der Waals surface area contributed by atoms with Gasteiger partial charge in [0, 0.05) is 6.61 Å². The summed E-state index contributed by atoms with van der Waals surface area (Å²) in [6, 6.07) is 0. The van der Waals surface area contributed by atoms with Crippen molar-refractivity contribution in [2.24, 2.45) is 0 Å². The summed E-state index contributed by atoms with van der Waals surface area (Å²) in [5, 5.41) is 70.1. The zero-order chi connectivity index (χ0) is 25.8. The molecule has 1 unspecified atom stereocenters. The highest BCUT2D eigenvalue weighted by Gasteiger charge is 2.50. The zero-order valence-electron chi connectivity index (χ0n) is 20.7. The van der Waals surface area contributed by atoms with Crippen molar-refractivity contribution >= 4 is 0 Å². The molecule has 2 heterocycles. The fourth-order valence-electron chi connectivity index (χ4n) is 4.48. The second-order valence-electron chi connectivity index (χ2n) is 9.56. The van der Waals surface area contributed by atoms with E-state index in [1.807, 2.05) is 0 Å². The van der Waals surface area contributed by atoms with Gasteiger partial charge < -0.3 is 54.7 Å². The van der Waals surface area contributed by atoms with Crippen LogP contribution >= 0.6 is 0 Å². The van der Waals surface area contributed by atoms with Gasteiger partial charge in [-0.3, -0.25) is 0 Å². The largest absolute Gasteiger partial charge is 0.394 e. The lowest BCUT2D eigenvalue weighted by molar-refractivity contribution is -0.359. The quantitative estimate of drug-likeness (QED) is 0.134. The van der Waals surface area contributed by atoms with Crippen molar-refractivity contribution in [3.8, 4) is 0 Å². The van der Waals surface area contributed by atoms with Gasteiger partial charge in [-0.15, -0.1) is 0 Å². The molecule has 0 radical (unpaired) electrons. The molecule has 0 aliphatic carbocycles. The third-order valence-corrected chi connectivity index (χ3v) is 6.74. The molecule has 2 aliphatic rings. The topological polar surface area (TPSA) is 179 Å². The first-order valence-corrected chi connectivity index (χ1v) is 13.1. The van der Waals surface area contributed by atoms with Gasteiger partial charge in [0.1, 0.15) is 48.8 Å². The second-order valence-corrected chi connectivity index (χ2v) is 9.56. The molecule has 35 heavy (non-hydrogen) atoms. The van der Waals surface area contributed by atoms with E-state index < -0.39 is 74.6 Å². The van der Waals surface area contributed by atoms with Crippen molar-refractivity contribution in [3.05, 3.63) is 0 Å². The molecule has 7 N–H and O–H groups in total. The smallest absolute Gasteiger partial charge is 0.187 e. The van der Waals surface area contributed by atoms with E-state index in [1.54, 1.807) is 0 Å². The first kappa shape index (κ1) is 30.8. The van der Waals surface area contributed by atoms with E-state index >= 15 is 0 Å². The molecule has 2 saturated heterocycles. The summed E-state index contributed by atoms with van der Waals surface area (Å²) < 4.78 is 22.0. The molecule has 2 fully saturated rings. The van der Waals surface area contributed by atoms with Crippen LogP contribution < -0.4 is 0 Å². The summed E-state index contributed by atoms with van der Waals surface area (Å²) >= 11 is 0. The van der Waals surface area contributed by atoms with Gasteiger partial charge in [-0.1, -0.05) is 64.7 Å². The van der Waals surface area contributed by atoms with E-state index in [2.05, 4.69) is 6.92 Å². The summed E-state index contributed by atoms with van der Waals surface area (Å²) in [4.78, 5) is 0. The molecule has 0 aromatic heterocycles. The molecule has 0 spiro atoms. The molecule has 11 nitrogen and oxygen atoms in total. The van der Waals surface area contributed by atoms with E-state index in [1.165, 1.54) is 44.9 Å². The van der Waals surface area contributed by atoms with Crippen LogP contribution in [-0.2, 0) is 18.9 Å². The summed E-state index contributed by atoms with van der Waals surface area (Å²) in [5.41, 5.74) is 0. The Morgan fingerprint density at radius 1 is 0.571 bits per heavy atom. The Kier molecular flexibility index (Phi) is 14.4. The van der Waals surface area contributed by atoms with Crippen LogP contribution in [0.25, 0.3) is 0 Å². The van der Waals surface area contributed by atoms with E-state index in [-0.39, 0.29) is 0 Å². The number of aliphatic hydroxyl groups excluding tert-OH is 7. The second kappa shape index (κ2) is 16.4. The third kappa shape index (κ3) is 9.11. The van der Waals surface area contributed by atoms with Crippen LogP contribution in [0.3, 0.4) is 0 Å². The van der Waals surface area contributed by atoms with Crippen LogP contribution in [-0.4, -0.2) is 117 Å². The molecule has 208 valence electrons. The number of hydrogen-bond acceptors (Lipinski definition) is 11. The Hall–Kier alpha value is -0.440. The number of ether oxygens (including phenoxy) is 4. The van der Waals surface area contributed by atoms with Crippen molar-refractivity contribution in [1.82, 2.24) is 0 Å². The van der Waals surface area contributed by atoms with Gasteiger partial charge in [0.25, 0.3) is 0 Å². The van der Waals surface area contributed by atoms with Gasteiger partial charge in [0.2, 0.25) is 0 Å². The molecular formula is C24H46O11. The van der Waals surface area contributed by atoms with Gasteiger partial charge in [-0.2, -0.15) is 0 Å². The van der Waals surface area contributed by atoms with Gasteiger partial charge in [-0.25, -0.2) is 0 Å². The predicted octanol–water partition coefficient (Wildman–Crippen LogP) is -0.452. The van der Waals surface area contributed by atoms with Gasteiger partial charge >= 0.3 is 0 Å². The van der Waals surface area contributed by atoms with E-state index in [4.69, 9.17) is 18.9 Å². The molecule has 0 aromatic rings. The lowest BCUT2D eigenvalue weighted by Gasteiger charge is -2.45. The molecule has 11 heteroatoms. The standard InChI is InChI=1S/C24H46O11/c1-2-3-4-5-6-7-8-9-10-11-12-32-23-21(31)19(29)22(16(14-26)34-23)35-24-20(30)18(28)17(27)15(13-25)33-24/h15-31H,2-14H2,1H3/t15-,16-,17-,18+,19-,20-,21-,22-,23?,24-/m1/s1. The monoisotopic (exact) mass is 510 g/mol. The minimum Gasteiger partial charge on any atom is -0.394 e.